The van der Waals surface area contributed by atoms with E-state index in [9.17, 15) is 0 Å². The Balaban J connectivity index is 1.75. The molecule has 0 N–H and O–H groups in total. The second-order valence-electron chi connectivity index (χ2n) is 7.12. The van der Waals surface area contributed by atoms with Crippen molar-refractivity contribution in [3.63, 3.8) is 0 Å². The summed E-state index contributed by atoms with van der Waals surface area (Å²) in [6.07, 6.45) is 2.46. The third-order valence-electron chi connectivity index (χ3n) is 4.74. The van der Waals surface area contributed by atoms with E-state index >= 15 is 0 Å². The highest BCUT2D eigenvalue weighted by atomic mass is 32.2. The van der Waals surface area contributed by atoms with Gasteiger partial charge in [0.2, 0.25) is 0 Å². The number of hydrogen-bond donors (Lipinski definition) is 0. The minimum atomic E-state index is -0.310. The molecule has 140 valence electrons. The van der Waals surface area contributed by atoms with E-state index in [1.54, 1.807) is 0 Å². The van der Waals surface area contributed by atoms with Crippen LogP contribution in [-0.2, 0) is 5.75 Å². The molecule has 2 heteroatoms. The monoisotopic (exact) mass is 392 g/mol. The van der Waals surface area contributed by atoms with Gasteiger partial charge in [0.1, 0.15) is 0 Å². The van der Waals surface area contributed by atoms with Crippen LogP contribution in [0.4, 0.5) is 0 Å². The largest absolute Gasteiger partial charge is 0.153 e. The molecule has 0 radical (unpaired) electrons. The highest BCUT2D eigenvalue weighted by molar-refractivity contribution is 7.99. The summed E-state index contributed by atoms with van der Waals surface area (Å²) in [6.45, 7) is 6.73. The zero-order valence-corrected chi connectivity index (χ0v) is 18.3. The maximum absolute atomic E-state index is 2.34. The quantitative estimate of drug-likeness (QED) is 0.397. The van der Waals surface area contributed by atoms with E-state index in [0.717, 1.165) is 5.75 Å². The summed E-state index contributed by atoms with van der Waals surface area (Å²) < 4.78 is 0. The van der Waals surface area contributed by atoms with Gasteiger partial charge in [-0.25, -0.2) is 0 Å². The van der Waals surface area contributed by atoms with E-state index < -0.39 is 0 Å². The Labute approximate surface area is 170 Å². The molecule has 0 heterocycles. The summed E-state index contributed by atoms with van der Waals surface area (Å²) in [5.41, 5.74) is 4.20. The predicted molar refractivity (Wildman–Crippen MR) is 125 cm³/mol. The molecular formula is C25H29PS. The van der Waals surface area contributed by atoms with Gasteiger partial charge in [0.05, 0.1) is 0 Å². The first kappa shape index (κ1) is 20.2. The van der Waals surface area contributed by atoms with E-state index in [0.29, 0.717) is 5.25 Å². The summed E-state index contributed by atoms with van der Waals surface area (Å²) >= 11 is 2.13. The summed E-state index contributed by atoms with van der Waals surface area (Å²) in [6, 6.07) is 29.1. The first-order chi connectivity index (χ1) is 13.2. The van der Waals surface area contributed by atoms with E-state index in [4.69, 9.17) is 0 Å². The van der Waals surface area contributed by atoms with Crippen molar-refractivity contribution in [3.05, 3.63) is 95.6 Å². The molecule has 0 aromatic heterocycles. The molecule has 27 heavy (non-hydrogen) atoms. The van der Waals surface area contributed by atoms with Crippen LogP contribution in [0.25, 0.3) is 0 Å². The second kappa shape index (κ2) is 10.1. The lowest BCUT2D eigenvalue weighted by Crippen LogP contribution is -2.19. The predicted octanol–water partition coefficient (Wildman–Crippen LogP) is 6.45. The number of rotatable bonds is 8. The van der Waals surface area contributed by atoms with Gasteiger partial charge in [0, 0.05) is 11.0 Å². The van der Waals surface area contributed by atoms with Gasteiger partial charge in [-0.1, -0.05) is 96.9 Å². The standard InChI is InChI=1S/C25H29PS/c1-4-25(27-19-22-16-20(2)15-21(3)17-22)18-26(23-11-7-5-8-12-23)24-13-9-6-10-14-24/h5-17,25H,4,18-19H2,1-3H3. The van der Waals surface area contributed by atoms with Gasteiger partial charge in [0.15, 0.2) is 0 Å². The normalized spacial score (nSPS) is 12.3. The fraction of sp³-hybridized carbons (Fsp3) is 0.280. The zero-order valence-electron chi connectivity index (χ0n) is 16.6. The molecule has 1 unspecified atom stereocenters. The molecule has 0 saturated heterocycles. The smallest absolute Gasteiger partial charge is 0.0187 e. The molecule has 0 saturated carbocycles. The van der Waals surface area contributed by atoms with Gasteiger partial charge < -0.3 is 0 Å². The first-order valence-corrected chi connectivity index (χ1v) is 12.3. The molecular weight excluding hydrogens is 363 g/mol. The maximum atomic E-state index is 2.34. The van der Waals surface area contributed by atoms with E-state index in [1.165, 1.54) is 39.9 Å². The molecule has 0 aliphatic rings. The number of aryl methyl sites for hydroxylation is 2. The van der Waals surface area contributed by atoms with Crippen LogP contribution in [0, 0.1) is 13.8 Å². The van der Waals surface area contributed by atoms with Crippen LogP contribution in [0.3, 0.4) is 0 Å². The molecule has 0 amide bonds. The Morgan fingerprint density at radius 2 is 1.30 bits per heavy atom. The van der Waals surface area contributed by atoms with E-state index in [2.05, 4.69) is 111 Å². The molecule has 0 aliphatic carbocycles. The van der Waals surface area contributed by atoms with Crippen molar-refractivity contribution < 1.29 is 0 Å². The molecule has 3 aromatic rings. The van der Waals surface area contributed by atoms with Crippen molar-refractivity contribution in [2.24, 2.45) is 0 Å². The zero-order chi connectivity index (χ0) is 19.1. The highest BCUT2D eigenvalue weighted by Crippen LogP contribution is 2.38. The van der Waals surface area contributed by atoms with Crippen molar-refractivity contribution in [2.45, 2.75) is 38.2 Å². The SMILES string of the molecule is CCC(CP(c1ccccc1)c1ccccc1)SCc1cc(C)cc(C)c1. The molecule has 1 atom stereocenters. The fourth-order valence-electron chi connectivity index (χ4n) is 3.45. The van der Waals surface area contributed by atoms with Crippen LogP contribution in [0.1, 0.15) is 30.0 Å². The summed E-state index contributed by atoms with van der Waals surface area (Å²) in [5, 5.41) is 3.66. The third-order valence-corrected chi connectivity index (χ3v) is 9.11. The van der Waals surface area contributed by atoms with Crippen molar-refractivity contribution in [2.75, 3.05) is 6.16 Å². The fourth-order valence-corrected chi connectivity index (χ4v) is 7.59. The lowest BCUT2D eigenvalue weighted by atomic mass is 10.1. The lowest BCUT2D eigenvalue weighted by molar-refractivity contribution is 0.912. The van der Waals surface area contributed by atoms with Gasteiger partial charge in [-0.2, -0.15) is 11.8 Å². The minimum absolute atomic E-state index is 0.310. The van der Waals surface area contributed by atoms with Crippen molar-refractivity contribution >= 4 is 30.3 Å². The Morgan fingerprint density at radius 1 is 0.778 bits per heavy atom. The molecule has 0 nitrogen and oxygen atoms in total. The van der Waals surface area contributed by atoms with Crippen LogP contribution in [-0.4, -0.2) is 11.4 Å². The van der Waals surface area contributed by atoms with Crippen molar-refractivity contribution in [1.29, 1.82) is 0 Å². The molecule has 3 rings (SSSR count). The summed E-state index contributed by atoms with van der Waals surface area (Å²) in [5.74, 6) is 1.10. The Bertz CT molecular complexity index is 770. The summed E-state index contributed by atoms with van der Waals surface area (Å²) in [4.78, 5) is 0. The van der Waals surface area contributed by atoms with Crippen LogP contribution in [0.5, 0.6) is 0 Å². The van der Waals surface area contributed by atoms with Gasteiger partial charge in [-0.15, -0.1) is 0 Å². The number of thioether (sulfide) groups is 1. The average Bonchev–Trinajstić information content (AvgIpc) is 2.69. The maximum Gasteiger partial charge on any atom is 0.0187 e. The second-order valence-corrected chi connectivity index (χ2v) is 10.7. The van der Waals surface area contributed by atoms with Gasteiger partial charge in [-0.3, -0.25) is 0 Å². The van der Waals surface area contributed by atoms with Crippen LogP contribution < -0.4 is 10.6 Å². The Kier molecular flexibility index (Phi) is 7.56. The summed E-state index contributed by atoms with van der Waals surface area (Å²) in [7, 11) is -0.310. The molecule has 3 aromatic carbocycles. The molecule has 0 bridgehead atoms. The molecule has 0 fully saturated rings. The Morgan fingerprint density at radius 3 is 1.78 bits per heavy atom. The van der Waals surface area contributed by atoms with Crippen LogP contribution in [0.2, 0.25) is 0 Å². The number of hydrogen-bond acceptors (Lipinski definition) is 1. The topological polar surface area (TPSA) is 0 Å². The van der Waals surface area contributed by atoms with Gasteiger partial charge >= 0.3 is 0 Å². The van der Waals surface area contributed by atoms with Crippen molar-refractivity contribution in [3.8, 4) is 0 Å². The molecule has 0 aliphatic heterocycles. The van der Waals surface area contributed by atoms with Crippen molar-refractivity contribution in [1.82, 2.24) is 0 Å². The van der Waals surface area contributed by atoms with E-state index in [1.807, 2.05) is 0 Å². The Hall–Kier alpha value is -1.56. The lowest BCUT2D eigenvalue weighted by Gasteiger charge is -2.24. The number of benzene rings is 3. The van der Waals surface area contributed by atoms with Gasteiger partial charge in [-0.05, 0) is 50.5 Å². The third kappa shape index (κ3) is 5.96. The van der Waals surface area contributed by atoms with Crippen LogP contribution >= 0.6 is 19.7 Å². The van der Waals surface area contributed by atoms with Crippen LogP contribution in [0.15, 0.2) is 78.9 Å². The highest BCUT2D eigenvalue weighted by Gasteiger charge is 2.19. The minimum Gasteiger partial charge on any atom is -0.153 e. The van der Waals surface area contributed by atoms with E-state index in [-0.39, 0.29) is 7.92 Å². The molecule has 0 spiro atoms. The first-order valence-electron chi connectivity index (χ1n) is 9.72. The van der Waals surface area contributed by atoms with Gasteiger partial charge in [0.25, 0.3) is 0 Å². The average molecular weight is 393 g/mol.